The van der Waals surface area contributed by atoms with Crippen molar-refractivity contribution in [1.82, 2.24) is 0 Å². The molecule has 21 radical (unpaired) electrons. The predicted molar refractivity (Wildman–Crippen MR) is 86.8 cm³/mol. The van der Waals surface area contributed by atoms with Gasteiger partial charge in [0.25, 0.3) is 0 Å². The first kappa shape index (κ1) is 219. The van der Waals surface area contributed by atoms with E-state index >= 15 is 0 Å². The summed E-state index contributed by atoms with van der Waals surface area (Å²) in [7, 11) is 0. The number of hydrogen-bond donors (Lipinski definition) is 0. The molecule has 0 aliphatic heterocycles. The molecule has 0 atom stereocenters. The van der Waals surface area contributed by atoms with Gasteiger partial charge in [0.15, 0.2) is 0 Å². The number of rotatable bonds is 2. The molecule has 0 N–H and O–H groups in total. The Labute approximate surface area is 767 Å². The summed E-state index contributed by atoms with van der Waals surface area (Å²) < 4.78 is 0. The van der Waals surface area contributed by atoms with Gasteiger partial charge in [-0.05, 0) is 13.3 Å². The minimum Gasteiger partial charge on any atom is -0.359 e. The van der Waals surface area contributed by atoms with Crippen LogP contribution in [-0.2, 0) is 687 Å². The third kappa shape index (κ3) is 215. The van der Waals surface area contributed by atoms with Crippen molar-refractivity contribution in [3.8, 4) is 0 Å². The van der Waals surface area contributed by atoms with Crippen LogP contribution in [0.2, 0.25) is 0 Å². The summed E-state index contributed by atoms with van der Waals surface area (Å²) in [5.74, 6) is 0. The van der Waals surface area contributed by atoms with Crippen molar-refractivity contribution < 1.29 is 687 Å². The van der Waals surface area contributed by atoms with Crippen molar-refractivity contribution in [2.45, 2.75) is 27.2 Å². The molecule has 37 heavy (non-hydrogen) atoms. The topological polar surface area (TPSA) is 24.7 Å². The van der Waals surface area contributed by atoms with E-state index in [1.807, 2.05) is 20.8 Å². The molecule has 0 aliphatic rings. The zero-order valence-corrected chi connectivity index (χ0v) is 85.0. The van der Waals surface area contributed by atoms with Crippen LogP contribution in [0.4, 0.5) is 0 Å². The zero-order chi connectivity index (χ0) is 7.28. The first-order chi connectivity index (χ1) is 4.16. The van der Waals surface area contributed by atoms with E-state index in [9.17, 15) is 0 Å². The van der Waals surface area contributed by atoms with Crippen LogP contribution < -0.4 is 0 Å². The van der Waals surface area contributed by atoms with E-state index in [1.54, 1.807) is 0 Å². The van der Waals surface area contributed by atoms with Crippen LogP contribution in [-0.4, -0.2) is 11.4 Å². The SMILES string of the molecule is [CH2-]/C(C)=N/N=C(\C)CC.[CH3-].[CH3-].[CH3-].[CH3-].[CH3-].[CH3-].[CH3-].[Y].[Y].[Y].[Y].[Y].[Y].[Y].[Y].[Y].[Y].[Y].[Y].[Y].[Y].[Y].[Y].[Y].[Y].[Y].[Y].[Y]. The van der Waals surface area contributed by atoms with Crippen molar-refractivity contribution in [2.24, 2.45) is 10.2 Å². The molecule has 0 heterocycles. The van der Waals surface area contributed by atoms with Gasteiger partial charge in [-0.3, -0.25) is 0 Å². The van der Waals surface area contributed by atoms with Crippen LogP contribution >= 0.6 is 0 Å². The molecular weight excluding hydrogens is 2060 g/mol. The van der Waals surface area contributed by atoms with E-state index in [0.717, 1.165) is 17.8 Å². The largest absolute Gasteiger partial charge is 0.359 e. The average Bonchev–Trinajstić information content (AvgIpc) is 1.83. The van der Waals surface area contributed by atoms with Crippen LogP contribution in [0.5, 0.6) is 0 Å². The Morgan fingerprint density at radius 1 is 0.378 bits per heavy atom. The second-order valence-electron chi connectivity index (χ2n) is 2.02. The normalized spacial score (nSPS) is 3.43. The van der Waals surface area contributed by atoms with Gasteiger partial charge in [-0.2, -0.15) is 10.2 Å². The first-order valence-corrected chi connectivity index (χ1v) is 3.06. The van der Waals surface area contributed by atoms with Crippen molar-refractivity contribution in [1.29, 1.82) is 0 Å². The van der Waals surface area contributed by atoms with E-state index in [-0.39, 0.29) is 739 Å². The molecule has 0 spiro atoms. The Morgan fingerprint density at radius 3 is 0.595 bits per heavy atom. The van der Waals surface area contributed by atoms with Gasteiger partial charge in [-0.1, -0.05) is 13.8 Å². The van der Waals surface area contributed by atoms with Gasteiger partial charge >= 0.3 is 0 Å². The van der Waals surface area contributed by atoms with E-state index in [1.165, 1.54) is 0 Å². The molecule has 0 rings (SSSR count). The summed E-state index contributed by atoms with van der Waals surface area (Å²) in [5, 5.41) is 7.67. The summed E-state index contributed by atoms with van der Waals surface area (Å²) in [4.78, 5) is 0. The molecule has 0 amide bonds. The second kappa shape index (κ2) is 195. The summed E-state index contributed by atoms with van der Waals surface area (Å²) in [6.07, 6.45) is 0.955. The fraction of sp³-hybridized carbons (Fsp3) is 0.286. The Morgan fingerprint density at radius 2 is 0.514 bits per heavy atom. The van der Waals surface area contributed by atoms with Crippen LogP contribution in [0.25, 0.3) is 0 Å². The van der Waals surface area contributed by atoms with Crippen LogP contribution in [0.15, 0.2) is 10.2 Å². The van der Waals surface area contributed by atoms with Gasteiger partial charge < -0.3 is 58.9 Å². The Kier molecular flexibility index (Phi) is 1160. The summed E-state index contributed by atoms with van der Waals surface area (Å²) >= 11 is 0. The Hall–Kier alpha value is 22.4. The second-order valence-corrected chi connectivity index (χ2v) is 2.02. The first-order valence-electron chi connectivity index (χ1n) is 3.06. The molecule has 0 aromatic heterocycles. The van der Waals surface area contributed by atoms with E-state index in [0.29, 0.717) is 0 Å². The molecule has 0 bridgehead atoms. The van der Waals surface area contributed by atoms with Gasteiger partial charge in [-0.15, -0.1) is 5.71 Å². The minimum atomic E-state index is 0. The van der Waals surface area contributed by atoms with Crippen LogP contribution in [0.1, 0.15) is 27.2 Å². The average molecular weight is 2100 g/mol. The third-order valence-corrected chi connectivity index (χ3v) is 0.903. The summed E-state index contributed by atoms with van der Waals surface area (Å²) in [5.41, 5.74) is 1.79. The molecule has 0 saturated carbocycles. The molecule has 2 nitrogen and oxygen atoms in total. The maximum absolute atomic E-state index is 3.88. The Balaban J connectivity index is -0.000000000847. The predicted octanol–water partition coefficient (Wildman–Crippen LogP) is 5.17. The molecule has 23 heteroatoms. The fourth-order valence-corrected chi connectivity index (χ4v) is 0.241. The van der Waals surface area contributed by atoms with E-state index < -0.39 is 0 Å². The van der Waals surface area contributed by atoms with Gasteiger partial charge in [0.2, 0.25) is 0 Å². The smallest absolute Gasteiger partial charge is 0.0371 e. The van der Waals surface area contributed by atoms with E-state index in [4.69, 9.17) is 0 Å². The van der Waals surface area contributed by atoms with Gasteiger partial charge in [-0.25, -0.2) is 0 Å². The quantitative estimate of drug-likeness (QED) is 0.208. The third-order valence-electron chi connectivity index (χ3n) is 0.903. The van der Waals surface area contributed by atoms with Crippen molar-refractivity contribution in [3.63, 3.8) is 0 Å². The van der Waals surface area contributed by atoms with Gasteiger partial charge in [0.1, 0.15) is 0 Å². The number of nitrogens with zero attached hydrogens (tertiary/aromatic N) is 2. The molecule has 0 unspecified atom stereocenters. The minimum absolute atomic E-state index is 0. The molecule has 0 aromatic carbocycles. The maximum Gasteiger partial charge on any atom is 0.0371 e. The molecular formula is C14H34N2Y21-8. The molecule has 0 fully saturated rings. The zero-order valence-electron chi connectivity index (χ0n) is 25.4. The molecule has 0 saturated heterocycles. The van der Waals surface area contributed by atoms with Crippen LogP contribution in [0, 0.1) is 58.9 Å². The van der Waals surface area contributed by atoms with Gasteiger partial charge in [0, 0.05) is 693 Å². The van der Waals surface area contributed by atoms with Crippen LogP contribution in [0.3, 0.4) is 0 Å². The fourth-order valence-electron chi connectivity index (χ4n) is 0.241. The summed E-state index contributed by atoms with van der Waals surface area (Å²) in [6.45, 7) is 9.41. The monoisotopic (exact) mass is 2100 g/mol. The van der Waals surface area contributed by atoms with Crippen molar-refractivity contribution in [2.75, 3.05) is 0 Å². The maximum atomic E-state index is 3.88. The molecule has 171 valence electrons. The van der Waals surface area contributed by atoms with E-state index in [2.05, 4.69) is 17.1 Å². The van der Waals surface area contributed by atoms with Crippen molar-refractivity contribution in [3.05, 3.63) is 58.9 Å². The standard InChI is InChI=1S/C7H13N2.7CH3.21Y/c1-5-7(4)9-8-6(2)3;;;;;;;;;;;;;;;;;;;;;;;;;;;;/h2,5H2,1,3-4H3;7*1H3;;;;;;;;;;;;;;;;;;;;;/q8*-1;;;;;;;;;;;;;;;;;;;;;/b8-6-,9-7+;;;;;;;;;;;;;;;;;;;;;;;;;;;;. The van der Waals surface area contributed by atoms with Gasteiger partial charge in [0.05, 0.1) is 0 Å². The molecule has 0 aliphatic carbocycles. The molecule has 0 aromatic rings. The van der Waals surface area contributed by atoms with Crippen molar-refractivity contribution >= 4 is 11.4 Å². The number of hydrogen-bond acceptors (Lipinski definition) is 2. The summed E-state index contributed by atoms with van der Waals surface area (Å²) in [6, 6.07) is 0. The Bertz CT molecular complexity index is 168.